The third-order valence-corrected chi connectivity index (χ3v) is 4.62. The highest BCUT2D eigenvalue weighted by atomic mass is 32.1. The molecule has 1 aliphatic rings. The van der Waals surface area contributed by atoms with Gasteiger partial charge in [-0.3, -0.25) is 4.98 Å². The molecule has 2 nitrogen and oxygen atoms in total. The van der Waals surface area contributed by atoms with E-state index in [1.165, 1.54) is 22.4 Å². The molecule has 0 saturated heterocycles. The van der Waals surface area contributed by atoms with Crippen molar-refractivity contribution < 1.29 is 5.11 Å². The summed E-state index contributed by atoms with van der Waals surface area (Å²) < 4.78 is 1.23. The second-order valence-corrected chi connectivity index (χ2v) is 5.61. The van der Waals surface area contributed by atoms with Crippen molar-refractivity contribution in [2.75, 3.05) is 0 Å². The summed E-state index contributed by atoms with van der Waals surface area (Å²) >= 11 is 1.79. The summed E-state index contributed by atoms with van der Waals surface area (Å²) in [5.41, 5.74) is 1.07. The van der Waals surface area contributed by atoms with Crippen LogP contribution in [0, 0.1) is 0 Å². The maximum Gasteiger partial charge on any atom is 0.0812 e. The number of rotatable bonds is 1. The number of hydrogen-bond acceptors (Lipinski definition) is 3. The van der Waals surface area contributed by atoms with Crippen LogP contribution in [0.4, 0.5) is 0 Å². The van der Waals surface area contributed by atoms with Crippen LogP contribution in [0.25, 0.3) is 10.2 Å². The maximum atomic E-state index is 10.0. The number of pyridine rings is 1. The highest BCUT2D eigenvalue weighted by molar-refractivity contribution is 7.19. The average molecular weight is 233 g/mol. The second-order valence-electron chi connectivity index (χ2n) is 4.49. The predicted octanol–water partition coefficient (Wildman–Crippen LogP) is 3.31. The number of fused-ring (bicyclic) bond motifs is 1. The molecule has 0 aromatic carbocycles. The Bertz CT molecular complexity index is 460. The molecule has 0 bridgehead atoms. The summed E-state index contributed by atoms with van der Waals surface area (Å²) in [5, 5.41) is 10.0. The number of aliphatic hydroxyl groups is 1. The van der Waals surface area contributed by atoms with Crippen LogP contribution in [0.15, 0.2) is 24.4 Å². The molecular formula is C13H15NOS. The Labute approximate surface area is 99.0 Å². The zero-order valence-corrected chi connectivity index (χ0v) is 9.91. The van der Waals surface area contributed by atoms with Gasteiger partial charge in [-0.2, -0.15) is 0 Å². The Morgan fingerprint density at radius 2 is 2.19 bits per heavy atom. The zero-order valence-electron chi connectivity index (χ0n) is 9.10. The van der Waals surface area contributed by atoms with Gasteiger partial charge in [-0.1, -0.05) is 12.8 Å². The SMILES string of the molecule is O[C@H]1CCCC[C@@H]1c1cc2ncccc2s1. The van der Waals surface area contributed by atoms with Crippen LogP contribution in [0.1, 0.15) is 36.5 Å². The molecule has 0 aliphatic heterocycles. The van der Waals surface area contributed by atoms with Crippen LogP contribution in [-0.2, 0) is 0 Å². The van der Waals surface area contributed by atoms with Gasteiger partial charge >= 0.3 is 0 Å². The summed E-state index contributed by atoms with van der Waals surface area (Å²) in [6.07, 6.45) is 6.16. The van der Waals surface area contributed by atoms with Gasteiger partial charge in [0.15, 0.2) is 0 Å². The van der Waals surface area contributed by atoms with Crippen molar-refractivity contribution in [3.05, 3.63) is 29.3 Å². The number of aromatic nitrogens is 1. The second kappa shape index (κ2) is 4.15. The minimum absolute atomic E-state index is 0.151. The van der Waals surface area contributed by atoms with Crippen molar-refractivity contribution in [1.82, 2.24) is 4.98 Å². The number of aliphatic hydroxyl groups excluding tert-OH is 1. The van der Waals surface area contributed by atoms with Crippen LogP contribution in [0.3, 0.4) is 0 Å². The van der Waals surface area contributed by atoms with E-state index in [0.717, 1.165) is 18.4 Å². The summed E-state index contributed by atoms with van der Waals surface area (Å²) in [4.78, 5) is 5.66. The lowest BCUT2D eigenvalue weighted by molar-refractivity contribution is 0.107. The molecule has 84 valence electrons. The van der Waals surface area contributed by atoms with Crippen molar-refractivity contribution in [3.63, 3.8) is 0 Å². The van der Waals surface area contributed by atoms with E-state index in [-0.39, 0.29) is 6.10 Å². The van der Waals surface area contributed by atoms with Gasteiger partial charge in [-0.25, -0.2) is 0 Å². The van der Waals surface area contributed by atoms with E-state index in [9.17, 15) is 5.11 Å². The van der Waals surface area contributed by atoms with Crippen molar-refractivity contribution in [2.24, 2.45) is 0 Å². The largest absolute Gasteiger partial charge is 0.392 e. The molecule has 0 amide bonds. The molecular weight excluding hydrogens is 218 g/mol. The van der Waals surface area contributed by atoms with Crippen LogP contribution in [0.5, 0.6) is 0 Å². The topological polar surface area (TPSA) is 33.1 Å². The van der Waals surface area contributed by atoms with Crippen LogP contribution < -0.4 is 0 Å². The molecule has 1 fully saturated rings. The molecule has 2 aromatic rings. The minimum atomic E-state index is -0.151. The van der Waals surface area contributed by atoms with Crippen molar-refractivity contribution >= 4 is 21.6 Å². The lowest BCUT2D eigenvalue weighted by atomic mass is 9.85. The van der Waals surface area contributed by atoms with Gasteiger partial charge in [0.1, 0.15) is 0 Å². The summed E-state index contributed by atoms with van der Waals surface area (Å²) in [7, 11) is 0. The maximum absolute atomic E-state index is 10.0. The van der Waals surface area contributed by atoms with E-state index >= 15 is 0 Å². The van der Waals surface area contributed by atoms with Gasteiger partial charge in [0.2, 0.25) is 0 Å². The van der Waals surface area contributed by atoms with E-state index < -0.39 is 0 Å². The van der Waals surface area contributed by atoms with Crippen molar-refractivity contribution in [1.29, 1.82) is 0 Å². The highest BCUT2D eigenvalue weighted by Crippen LogP contribution is 2.38. The highest BCUT2D eigenvalue weighted by Gasteiger charge is 2.26. The molecule has 1 aliphatic carbocycles. The molecule has 2 atom stereocenters. The minimum Gasteiger partial charge on any atom is -0.392 e. The van der Waals surface area contributed by atoms with E-state index in [1.54, 1.807) is 11.3 Å². The molecule has 0 unspecified atom stereocenters. The molecule has 16 heavy (non-hydrogen) atoms. The monoisotopic (exact) mass is 233 g/mol. The Morgan fingerprint density at radius 3 is 3.00 bits per heavy atom. The first-order valence-corrected chi connectivity index (χ1v) is 6.69. The Hall–Kier alpha value is -0.930. The van der Waals surface area contributed by atoms with Crippen molar-refractivity contribution in [3.8, 4) is 0 Å². The van der Waals surface area contributed by atoms with E-state index in [4.69, 9.17) is 0 Å². The molecule has 1 N–H and O–H groups in total. The Morgan fingerprint density at radius 1 is 1.31 bits per heavy atom. The molecule has 3 rings (SSSR count). The number of nitrogens with zero attached hydrogens (tertiary/aromatic N) is 1. The third kappa shape index (κ3) is 1.74. The molecule has 1 saturated carbocycles. The van der Waals surface area contributed by atoms with Gasteiger partial charge in [0, 0.05) is 17.0 Å². The van der Waals surface area contributed by atoms with Gasteiger partial charge < -0.3 is 5.11 Å². The lowest BCUT2D eigenvalue weighted by Gasteiger charge is -2.26. The first-order chi connectivity index (χ1) is 7.84. The Kier molecular flexibility index (Phi) is 2.65. The third-order valence-electron chi connectivity index (χ3n) is 3.40. The number of thiophene rings is 1. The fourth-order valence-electron chi connectivity index (χ4n) is 2.51. The van der Waals surface area contributed by atoms with Gasteiger partial charge in [0.05, 0.1) is 16.3 Å². The molecule has 2 heterocycles. The van der Waals surface area contributed by atoms with E-state index in [0.29, 0.717) is 5.92 Å². The van der Waals surface area contributed by atoms with E-state index in [2.05, 4.69) is 17.1 Å². The average Bonchev–Trinajstić information content (AvgIpc) is 2.73. The summed E-state index contributed by atoms with van der Waals surface area (Å²) in [6, 6.07) is 6.23. The standard InChI is InChI=1S/C13H15NOS/c15-11-5-2-1-4-9(11)13-8-10-12(16-13)6-3-7-14-10/h3,6-9,11,15H,1-2,4-5H2/t9-,11-/m0/s1. The summed E-state index contributed by atoms with van der Waals surface area (Å²) in [5.74, 6) is 0.341. The van der Waals surface area contributed by atoms with E-state index in [1.807, 2.05) is 12.3 Å². The van der Waals surface area contributed by atoms with Crippen LogP contribution in [0.2, 0.25) is 0 Å². The molecule has 0 radical (unpaired) electrons. The normalized spacial score (nSPS) is 26.1. The first-order valence-electron chi connectivity index (χ1n) is 5.87. The molecule has 3 heteroatoms. The summed E-state index contributed by atoms with van der Waals surface area (Å²) in [6.45, 7) is 0. The molecule has 0 spiro atoms. The van der Waals surface area contributed by atoms with Crippen LogP contribution >= 0.6 is 11.3 Å². The smallest absolute Gasteiger partial charge is 0.0812 e. The fraction of sp³-hybridized carbons (Fsp3) is 0.462. The quantitative estimate of drug-likeness (QED) is 0.819. The molecule has 2 aromatic heterocycles. The van der Waals surface area contributed by atoms with Crippen molar-refractivity contribution in [2.45, 2.75) is 37.7 Å². The van der Waals surface area contributed by atoms with Gasteiger partial charge in [-0.15, -0.1) is 11.3 Å². The van der Waals surface area contributed by atoms with Crippen LogP contribution in [-0.4, -0.2) is 16.2 Å². The fourth-order valence-corrected chi connectivity index (χ4v) is 3.73. The number of hydrogen-bond donors (Lipinski definition) is 1. The first kappa shape index (κ1) is 10.2. The zero-order chi connectivity index (χ0) is 11.0. The lowest BCUT2D eigenvalue weighted by Crippen LogP contribution is -2.21. The van der Waals surface area contributed by atoms with Gasteiger partial charge in [-0.05, 0) is 31.0 Å². The van der Waals surface area contributed by atoms with Gasteiger partial charge in [0.25, 0.3) is 0 Å². The Balaban J connectivity index is 1.98. The predicted molar refractivity (Wildman–Crippen MR) is 66.8 cm³/mol.